The highest BCUT2D eigenvalue weighted by Crippen LogP contribution is 2.39. The monoisotopic (exact) mass is 661 g/mol. The van der Waals surface area contributed by atoms with Crippen molar-refractivity contribution >= 4 is 34.4 Å². The first-order valence-corrected chi connectivity index (χ1v) is 15.6. The van der Waals surface area contributed by atoms with Crippen LogP contribution in [0.25, 0.3) is 16.5 Å². The molecule has 1 aromatic carbocycles. The fourth-order valence-electron chi connectivity index (χ4n) is 6.09. The molecule has 0 unspecified atom stereocenters. The van der Waals surface area contributed by atoms with Gasteiger partial charge in [-0.25, -0.2) is 9.18 Å². The quantitative estimate of drug-likeness (QED) is 0.341. The van der Waals surface area contributed by atoms with Gasteiger partial charge in [-0.3, -0.25) is 14.3 Å². The molecule has 0 aliphatic carbocycles. The number of nitrogens with one attached hydrogen (secondary N) is 1. The van der Waals surface area contributed by atoms with Gasteiger partial charge in [-0.15, -0.1) is 5.10 Å². The molecule has 4 heterocycles. The molecule has 2 aromatic heterocycles. The van der Waals surface area contributed by atoms with Gasteiger partial charge < -0.3 is 24.4 Å². The number of amides is 3. The van der Waals surface area contributed by atoms with Crippen LogP contribution in [0.1, 0.15) is 74.0 Å². The van der Waals surface area contributed by atoms with Gasteiger partial charge in [0.05, 0.1) is 18.3 Å². The summed E-state index contributed by atoms with van der Waals surface area (Å²) in [5.41, 5.74) is 0.737. The van der Waals surface area contributed by atoms with Crippen molar-refractivity contribution < 1.29 is 36.7 Å². The Morgan fingerprint density at radius 1 is 1.09 bits per heavy atom. The van der Waals surface area contributed by atoms with Gasteiger partial charge in [-0.2, -0.15) is 13.2 Å². The summed E-state index contributed by atoms with van der Waals surface area (Å²) in [5, 5.41) is 8.02. The predicted molar refractivity (Wildman–Crippen MR) is 165 cm³/mol. The number of nitrogens with zero attached hydrogens (tertiary/aromatic N) is 6. The number of carbonyl (C=O) groups excluding carboxylic acids is 3. The van der Waals surface area contributed by atoms with Crippen LogP contribution in [0, 0.1) is 5.82 Å². The van der Waals surface area contributed by atoms with Crippen molar-refractivity contribution in [2.75, 3.05) is 39.8 Å². The van der Waals surface area contributed by atoms with Gasteiger partial charge >= 0.3 is 12.3 Å². The lowest BCUT2D eigenvalue weighted by molar-refractivity contribution is -0.138. The van der Waals surface area contributed by atoms with Crippen molar-refractivity contribution in [1.82, 2.24) is 34.7 Å². The lowest BCUT2D eigenvalue weighted by Gasteiger charge is -2.34. The number of H-pyrrole nitrogens is 1. The minimum Gasteiger partial charge on any atom is -0.444 e. The molecule has 1 fully saturated rings. The highest BCUT2D eigenvalue weighted by molar-refractivity contribution is 6.00. The third kappa shape index (κ3) is 8.11. The van der Waals surface area contributed by atoms with Crippen LogP contribution in [0.4, 0.5) is 22.4 Å². The number of benzene rings is 1. The number of aromatic nitrogens is 4. The number of fused-ring (bicyclic) bond motifs is 1. The van der Waals surface area contributed by atoms with Crippen LogP contribution in [0.2, 0.25) is 0 Å². The van der Waals surface area contributed by atoms with Crippen LogP contribution in [0.5, 0.6) is 0 Å². The van der Waals surface area contributed by atoms with Gasteiger partial charge in [-0.05, 0) is 69.2 Å². The van der Waals surface area contributed by atoms with Gasteiger partial charge in [0, 0.05) is 56.8 Å². The highest BCUT2D eigenvalue weighted by Gasteiger charge is 2.34. The minimum absolute atomic E-state index is 0.00589. The molecule has 2 aliphatic rings. The van der Waals surface area contributed by atoms with Crippen LogP contribution < -0.4 is 0 Å². The number of hydrogen-bond donors (Lipinski definition) is 1. The number of hydrogen-bond acceptors (Lipinski definition) is 6. The smallest absolute Gasteiger partial charge is 0.410 e. The molecule has 0 spiro atoms. The molecular weight excluding hydrogens is 622 g/mol. The Labute approximate surface area is 269 Å². The van der Waals surface area contributed by atoms with E-state index >= 15 is 4.39 Å². The van der Waals surface area contributed by atoms with E-state index in [4.69, 9.17) is 4.74 Å². The lowest BCUT2D eigenvalue weighted by Crippen LogP contribution is -2.41. The van der Waals surface area contributed by atoms with Crippen molar-refractivity contribution in [3.8, 4) is 0 Å². The Hall–Kier alpha value is -4.43. The average Bonchev–Trinajstić information content (AvgIpc) is 3.69. The number of halogens is 4. The zero-order valence-corrected chi connectivity index (χ0v) is 26.9. The summed E-state index contributed by atoms with van der Waals surface area (Å²) >= 11 is 0. The molecule has 3 aromatic rings. The summed E-state index contributed by atoms with van der Waals surface area (Å²) in [4.78, 5) is 45.4. The van der Waals surface area contributed by atoms with Crippen molar-refractivity contribution in [3.05, 3.63) is 53.2 Å². The first kappa shape index (κ1) is 33.9. The maximum atomic E-state index is 16.4. The van der Waals surface area contributed by atoms with Crippen molar-refractivity contribution in [1.29, 1.82) is 0 Å². The standard InChI is InChI=1S/C32H39F4N7O4/c1-31(2,3)47-30(46)41-12-7-20(8-13-41)22-16-23(21-6-5-11-42(18-21)26(44)9-14-43-15-10-37-39-43)27(33)28-24(22)17-25(38-28)29(45)40(4)19-32(34,35)36/h6,10,15-17,20,38H,5,7-9,11-14,18-19H2,1-4H3. The third-order valence-electron chi connectivity index (χ3n) is 8.34. The molecule has 2 aliphatic heterocycles. The fourth-order valence-corrected chi connectivity index (χ4v) is 6.09. The Morgan fingerprint density at radius 3 is 2.45 bits per heavy atom. The Kier molecular flexibility index (Phi) is 9.64. The number of likely N-dealkylation sites (tertiary alicyclic amines) is 1. The van der Waals surface area contributed by atoms with Gasteiger partial charge in [0.2, 0.25) is 5.91 Å². The van der Waals surface area contributed by atoms with Crippen LogP contribution in [-0.2, 0) is 16.1 Å². The zero-order valence-electron chi connectivity index (χ0n) is 26.9. The van der Waals surface area contributed by atoms with Crippen molar-refractivity contribution in [3.63, 3.8) is 0 Å². The first-order chi connectivity index (χ1) is 22.1. The SMILES string of the molecule is CN(CC(F)(F)F)C(=O)c1cc2c(C3CCN(C(=O)OC(C)(C)C)CC3)cc(C3=CCCN(C(=O)CCn4ccnn4)C3)c(F)c2[nH]1. The molecule has 1 saturated heterocycles. The van der Waals surface area contributed by atoms with E-state index in [1.807, 2.05) is 6.08 Å². The fraction of sp³-hybridized carbons (Fsp3) is 0.531. The van der Waals surface area contributed by atoms with E-state index in [1.54, 1.807) is 47.5 Å². The average molecular weight is 662 g/mol. The van der Waals surface area contributed by atoms with Gasteiger partial charge in [0.1, 0.15) is 17.8 Å². The van der Waals surface area contributed by atoms with Crippen LogP contribution in [-0.4, -0.2) is 104 Å². The number of aromatic amines is 1. The van der Waals surface area contributed by atoms with E-state index in [0.717, 1.165) is 7.05 Å². The second-order valence-corrected chi connectivity index (χ2v) is 13.1. The van der Waals surface area contributed by atoms with E-state index in [2.05, 4.69) is 15.3 Å². The Bertz CT molecular complexity index is 1650. The summed E-state index contributed by atoms with van der Waals surface area (Å²) in [6.45, 7) is 5.65. The van der Waals surface area contributed by atoms with Gasteiger partial charge in [0.15, 0.2) is 5.82 Å². The van der Waals surface area contributed by atoms with E-state index in [9.17, 15) is 27.6 Å². The van der Waals surface area contributed by atoms with Crippen LogP contribution in [0.15, 0.2) is 30.6 Å². The Morgan fingerprint density at radius 2 is 1.81 bits per heavy atom. The number of alkyl halides is 3. The third-order valence-corrected chi connectivity index (χ3v) is 8.34. The molecule has 0 atom stereocenters. The summed E-state index contributed by atoms with van der Waals surface area (Å²) in [7, 11) is 1.04. The maximum Gasteiger partial charge on any atom is 0.410 e. The van der Waals surface area contributed by atoms with Gasteiger partial charge in [0.25, 0.3) is 5.91 Å². The topological polar surface area (TPSA) is 117 Å². The first-order valence-electron chi connectivity index (χ1n) is 15.6. The van der Waals surface area contributed by atoms with E-state index in [1.165, 1.54) is 12.3 Å². The molecule has 1 N–H and O–H groups in total. The van der Waals surface area contributed by atoms with E-state index in [0.29, 0.717) is 66.9 Å². The molecule has 0 bridgehead atoms. The molecular formula is C32H39F4N7O4. The molecule has 0 saturated carbocycles. The zero-order chi connectivity index (χ0) is 34.1. The number of ether oxygens (including phenoxy) is 1. The second-order valence-electron chi connectivity index (χ2n) is 13.1. The summed E-state index contributed by atoms with van der Waals surface area (Å²) in [6.07, 6.45) is 1.77. The number of carbonyl (C=O) groups is 3. The highest BCUT2D eigenvalue weighted by atomic mass is 19.4. The summed E-state index contributed by atoms with van der Waals surface area (Å²) in [6, 6.07) is 3.13. The van der Waals surface area contributed by atoms with Gasteiger partial charge in [-0.1, -0.05) is 11.3 Å². The number of aryl methyl sites for hydroxylation is 1. The van der Waals surface area contributed by atoms with Crippen LogP contribution in [0.3, 0.4) is 0 Å². The molecule has 254 valence electrons. The summed E-state index contributed by atoms with van der Waals surface area (Å²) < 4.78 is 62.6. The number of rotatable bonds is 7. The minimum atomic E-state index is -4.60. The van der Waals surface area contributed by atoms with Crippen molar-refractivity contribution in [2.45, 2.75) is 70.7 Å². The molecule has 11 nitrogen and oxygen atoms in total. The maximum absolute atomic E-state index is 16.4. The molecule has 5 rings (SSSR count). The van der Waals surface area contributed by atoms with E-state index in [-0.39, 0.29) is 41.6 Å². The molecule has 15 heteroatoms. The second kappa shape index (κ2) is 13.4. The lowest BCUT2D eigenvalue weighted by atomic mass is 9.85. The number of piperidine rings is 1. The Balaban J connectivity index is 1.45. The largest absolute Gasteiger partial charge is 0.444 e. The van der Waals surface area contributed by atoms with Crippen molar-refractivity contribution in [2.24, 2.45) is 0 Å². The normalized spacial score (nSPS) is 16.4. The molecule has 47 heavy (non-hydrogen) atoms. The predicted octanol–water partition coefficient (Wildman–Crippen LogP) is 5.35. The molecule has 0 radical (unpaired) electrons. The summed E-state index contributed by atoms with van der Waals surface area (Å²) in [5.74, 6) is -1.85. The molecule has 3 amide bonds. The van der Waals surface area contributed by atoms with E-state index < -0.39 is 36.1 Å². The van der Waals surface area contributed by atoms with Crippen LogP contribution >= 0.6 is 0 Å².